The predicted octanol–water partition coefficient (Wildman–Crippen LogP) is 7.77. The molecular weight excluding hydrogens is 322 g/mol. The highest BCUT2D eigenvalue weighted by molar-refractivity contribution is 5.66. The lowest BCUT2D eigenvalue weighted by atomic mass is 10.1. The van der Waals surface area contributed by atoms with Gasteiger partial charge in [-0.25, -0.2) is 4.79 Å². The van der Waals surface area contributed by atoms with Crippen LogP contribution in [0.3, 0.4) is 0 Å². The molecule has 26 heavy (non-hydrogen) atoms. The maximum atomic E-state index is 11.6. The first-order valence-electron chi connectivity index (χ1n) is 11.7. The van der Waals surface area contributed by atoms with Gasteiger partial charge in [-0.1, -0.05) is 117 Å². The highest BCUT2D eigenvalue weighted by atomic mass is 16.5. The normalized spacial score (nSPS) is 10.8. The molecule has 0 aromatic rings. The van der Waals surface area contributed by atoms with E-state index in [1.54, 1.807) is 0 Å². The van der Waals surface area contributed by atoms with Gasteiger partial charge in [-0.05, 0) is 12.8 Å². The zero-order valence-corrected chi connectivity index (χ0v) is 18.0. The summed E-state index contributed by atoms with van der Waals surface area (Å²) in [5.74, 6) is 0. The third-order valence-corrected chi connectivity index (χ3v) is 5.03. The summed E-state index contributed by atoms with van der Waals surface area (Å²) in [4.78, 5) is 11.6. The van der Waals surface area contributed by atoms with Crippen LogP contribution in [-0.4, -0.2) is 19.2 Å². The van der Waals surface area contributed by atoms with Crippen molar-refractivity contribution in [1.82, 2.24) is 5.32 Å². The summed E-state index contributed by atoms with van der Waals surface area (Å²) in [5.41, 5.74) is 0. The Labute approximate surface area is 164 Å². The van der Waals surface area contributed by atoms with Gasteiger partial charge in [0.1, 0.15) is 0 Å². The average molecular weight is 370 g/mol. The van der Waals surface area contributed by atoms with Crippen molar-refractivity contribution >= 4 is 6.09 Å². The summed E-state index contributed by atoms with van der Waals surface area (Å²) in [6.45, 7) is 5.84. The molecule has 0 aliphatic carbocycles. The van der Waals surface area contributed by atoms with Crippen LogP contribution in [0.5, 0.6) is 0 Å². The van der Waals surface area contributed by atoms with Crippen molar-refractivity contribution in [2.24, 2.45) is 0 Å². The summed E-state index contributed by atoms with van der Waals surface area (Å²) in [7, 11) is 0. The van der Waals surface area contributed by atoms with Crippen LogP contribution in [0.4, 0.5) is 4.79 Å². The summed E-state index contributed by atoms with van der Waals surface area (Å²) < 4.78 is 5.23. The third-order valence-electron chi connectivity index (χ3n) is 5.03. The van der Waals surface area contributed by atoms with Gasteiger partial charge < -0.3 is 10.1 Å². The van der Waals surface area contributed by atoms with E-state index in [0.29, 0.717) is 6.61 Å². The highest BCUT2D eigenvalue weighted by Crippen LogP contribution is 2.10. The van der Waals surface area contributed by atoms with Crippen LogP contribution >= 0.6 is 0 Å². The van der Waals surface area contributed by atoms with E-state index in [-0.39, 0.29) is 6.09 Å². The molecule has 0 aromatic heterocycles. The number of rotatable bonds is 20. The number of ether oxygens (including phenoxy) is 1. The molecule has 0 rings (SSSR count). The van der Waals surface area contributed by atoms with E-state index in [1.807, 2.05) is 0 Å². The molecule has 0 radical (unpaired) electrons. The van der Waals surface area contributed by atoms with E-state index < -0.39 is 0 Å². The molecule has 0 fully saturated rings. The maximum Gasteiger partial charge on any atom is 0.407 e. The molecule has 1 N–H and O–H groups in total. The first kappa shape index (κ1) is 25.3. The fraction of sp³-hybridized carbons (Fsp3) is 0.957. The minimum Gasteiger partial charge on any atom is -0.450 e. The molecule has 0 atom stereocenters. The smallest absolute Gasteiger partial charge is 0.407 e. The Kier molecular flexibility index (Phi) is 21.7. The van der Waals surface area contributed by atoms with Crippen LogP contribution < -0.4 is 5.32 Å². The fourth-order valence-electron chi connectivity index (χ4n) is 3.25. The zero-order chi connectivity index (χ0) is 19.1. The largest absolute Gasteiger partial charge is 0.450 e. The van der Waals surface area contributed by atoms with Gasteiger partial charge in [-0.15, -0.1) is 0 Å². The number of carbonyl (C=O) groups excluding carboxylic acids is 1. The molecule has 1 amide bonds. The minimum absolute atomic E-state index is 0.233. The van der Waals surface area contributed by atoms with Crippen LogP contribution in [0.25, 0.3) is 0 Å². The van der Waals surface area contributed by atoms with E-state index in [4.69, 9.17) is 4.74 Å². The molecule has 156 valence electrons. The van der Waals surface area contributed by atoms with E-state index in [2.05, 4.69) is 19.2 Å². The van der Waals surface area contributed by atoms with Gasteiger partial charge in [0.2, 0.25) is 0 Å². The van der Waals surface area contributed by atoms with Crippen LogP contribution in [-0.2, 0) is 4.74 Å². The Hall–Kier alpha value is -0.730. The molecule has 0 aliphatic rings. The quantitative estimate of drug-likeness (QED) is 0.222. The van der Waals surface area contributed by atoms with Gasteiger partial charge in [0.25, 0.3) is 0 Å². The Morgan fingerprint density at radius 2 is 0.962 bits per heavy atom. The lowest BCUT2D eigenvalue weighted by Gasteiger charge is -2.07. The van der Waals surface area contributed by atoms with Crippen molar-refractivity contribution in [3.05, 3.63) is 0 Å². The molecule has 0 spiro atoms. The summed E-state index contributed by atoms with van der Waals surface area (Å²) in [5, 5.41) is 2.87. The monoisotopic (exact) mass is 369 g/mol. The maximum absolute atomic E-state index is 11.6. The van der Waals surface area contributed by atoms with Crippen molar-refractivity contribution in [2.45, 2.75) is 129 Å². The van der Waals surface area contributed by atoms with Crippen LogP contribution in [0.1, 0.15) is 129 Å². The van der Waals surface area contributed by atoms with E-state index in [1.165, 1.54) is 103 Å². The lowest BCUT2D eigenvalue weighted by Crippen LogP contribution is -2.25. The van der Waals surface area contributed by atoms with E-state index in [9.17, 15) is 4.79 Å². The zero-order valence-electron chi connectivity index (χ0n) is 18.0. The van der Waals surface area contributed by atoms with Gasteiger partial charge >= 0.3 is 6.09 Å². The average Bonchev–Trinajstić information content (AvgIpc) is 2.64. The minimum atomic E-state index is -0.233. The molecule has 0 aliphatic heterocycles. The highest BCUT2D eigenvalue weighted by Gasteiger charge is 2.00. The fourth-order valence-corrected chi connectivity index (χ4v) is 3.25. The number of carbonyl (C=O) groups is 1. The summed E-state index contributed by atoms with van der Waals surface area (Å²) >= 11 is 0. The van der Waals surface area contributed by atoms with Gasteiger partial charge in [0.05, 0.1) is 6.61 Å². The number of hydrogen-bond acceptors (Lipinski definition) is 2. The summed E-state index contributed by atoms with van der Waals surface area (Å²) in [6, 6.07) is 0. The van der Waals surface area contributed by atoms with Crippen LogP contribution in [0.2, 0.25) is 0 Å². The number of unbranched alkanes of at least 4 members (excludes halogenated alkanes) is 16. The Morgan fingerprint density at radius 3 is 1.42 bits per heavy atom. The molecule has 0 saturated heterocycles. The number of hydrogen-bond donors (Lipinski definition) is 1. The Balaban J connectivity index is 3.13. The molecule has 3 nitrogen and oxygen atoms in total. The standard InChI is InChI=1S/C23H47NO2/c1-3-5-7-9-11-13-14-15-17-19-21-24-23(25)26-22-20-18-16-12-10-8-6-4-2/h3-22H2,1-2H3,(H,24,25). The van der Waals surface area contributed by atoms with E-state index in [0.717, 1.165) is 19.4 Å². The predicted molar refractivity (Wildman–Crippen MR) is 114 cm³/mol. The van der Waals surface area contributed by atoms with Gasteiger partial charge in [0.15, 0.2) is 0 Å². The Bertz CT molecular complexity index is 281. The SMILES string of the molecule is CCCCCCCCCCCCNC(=O)OCCCCCCCCCC. The van der Waals surface area contributed by atoms with Crippen LogP contribution in [0, 0.1) is 0 Å². The van der Waals surface area contributed by atoms with Crippen molar-refractivity contribution in [2.75, 3.05) is 13.2 Å². The molecular formula is C23H47NO2. The third kappa shape index (κ3) is 21.3. The Morgan fingerprint density at radius 1 is 0.577 bits per heavy atom. The number of nitrogens with one attached hydrogen (secondary N) is 1. The van der Waals surface area contributed by atoms with Crippen molar-refractivity contribution < 1.29 is 9.53 Å². The molecule has 0 bridgehead atoms. The van der Waals surface area contributed by atoms with Crippen molar-refractivity contribution in [3.8, 4) is 0 Å². The number of amides is 1. The molecule has 0 unspecified atom stereocenters. The summed E-state index contributed by atoms with van der Waals surface area (Å²) in [6.07, 6.45) is 23.2. The number of alkyl carbamates (subject to hydrolysis) is 1. The van der Waals surface area contributed by atoms with Crippen LogP contribution in [0.15, 0.2) is 0 Å². The van der Waals surface area contributed by atoms with Gasteiger partial charge in [0, 0.05) is 6.54 Å². The van der Waals surface area contributed by atoms with Gasteiger partial charge in [-0.3, -0.25) is 0 Å². The topological polar surface area (TPSA) is 38.3 Å². The second kappa shape index (κ2) is 22.3. The second-order valence-electron chi connectivity index (χ2n) is 7.72. The first-order valence-corrected chi connectivity index (χ1v) is 11.7. The molecule has 0 saturated carbocycles. The second-order valence-corrected chi connectivity index (χ2v) is 7.72. The van der Waals surface area contributed by atoms with E-state index >= 15 is 0 Å². The molecule has 3 heteroatoms. The van der Waals surface area contributed by atoms with Gasteiger partial charge in [-0.2, -0.15) is 0 Å². The lowest BCUT2D eigenvalue weighted by molar-refractivity contribution is 0.143. The first-order chi connectivity index (χ1) is 12.8. The van der Waals surface area contributed by atoms with Crippen molar-refractivity contribution in [3.63, 3.8) is 0 Å². The van der Waals surface area contributed by atoms with Crippen molar-refractivity contribution in [1.29, 1.82) is 0 Å². The molecule has 0 heterocycles. The molecule has 0 aromatic carbocycles.